The maximum atomic E-state index is 12.7. The highest BCUT2D eigenvalue weighted by atomic mass is 32.2. The summed E-state index contributed by atoms with van der Waals surface area (Å²) in [7, 11) is -3.75. The van der Waals surface area contributed by atoms with Gasteiger partial charge in [-0.3, -0.25) is 4.98 Å². The molecule has 0 atom stereocenters. The minimum absolute atomic E-state index is 0.0416. The van der Waals surface area contributed by atoms with Gasteiger partial charge in [-0.15, -0.1) is 4.28 Å². The van der Waals surface area contributed by atoms with Crippen LogP contribution < -0.4 is 5.06 Å². The standard InChI is InChI=1S/C24H26N2O3S2/c1-4-16-31(27,28)29-26-20-11-7-8-12-21(20)30-22-13-9-10-19(24(22)26)23-17(5-2)14-15-18(6-3)25-23/h7-15H,4-6,16H2,1-3H3. The summed E-state index contributed by atoms with van der Waals surface area (Å²) < 4.78 is 31.1. The second-order valence-electron chi connectivity index (χ2n) is 7.37. The van der Waals surface area contributed by atoms with Crippen LogP contribution in [0.1, 0.15) is 38.4 Å². The van der Waals surface area contributed by atoms with E-state index in [1.165, 1.54) is 5.06 Å². The molecule has 0 fully saturated rings. The third-order valence-electron chi connectivity index (χ3n) is 5.18. The van der Waals surface area contributed by atoms with Gasteiger partial charge in [-0.1, -0.05) is 62.9 Å². The van der Waals surface area contributed by atoms with Gasteiger partial charge in [-0.05, 0) is 49.1 Å². The number of para-hydroxylation sites is 2. The molecule has 1 aliphatic rings. The van der Waals surface area contributed by atoms with E-state index in [4.69, 9.17) is 9.27 Å². The monoisotopic (exact) mass is 454 g/mol. The average Bonchev–Trinajstić information content (AvgIpc) is 2.77. The SMILES string of the molecule is CCCS(=O)(=O)ON1c2ccccc2Sc2cccc(-c3nc(CC)ccc3CC)c21. The van der Waals surface area contributed by atoms with Crippen molar-refractivity contribution in [1.29, 1.82) is 0 Å². The molecule has 0 amide bonds. The second kappa shape index (κ2) is 9.02. The Bertz CT molecular complexity index is 1210. The van der Waals surface area contributed by atoms with E-state index >= 15 is 0 Å². The van der Waals surface area contributed by atoms with Crippen LogP contribution in [0.4, 0.5) is 11.4 Å². The molecule has 7 heteroatoms. The Morgan fingerprint density at radius 3 is 2.45 bits per heavy atom. The lowest BCUT2D eigenvalue weighted by Gasteiger charge is -2.32. The van der Waals surface area contributed by atoms with Gasteiger partial charge < -0.3 is 0 Å². The molecule has 31 heavy (non-hydrogen) atoms. The highest BCUT2D eigenvalue weighted by Gasteiger charge is 2.31. The van der Waals surface area contributed by atoms with Gasteiger partial charge in [0.25, 0.3) is 10.1 Å². The predicted molar refractivity (Wildman–Crippen MR) is 126 cm³/mol. The lowest BCUT2D eigenvalue weighted by Crippen LogP contribution is -2.27. The summed E-state index contributed by atoms with van der Waals surface area (Å²) in [4.78, 5) is 6.81. The first-order valence-electron chi connectivity index (χ1n) is 10.6. The van der Waals surface area contributed by atoms with Crippen LogP contribution in [0.2, 0.25) is 0 Å². The number of hydrogen-bond acceptors (Lipinski definition) is 6. The molecule has 3 aromatic rings. The fourth-order valence-electron chi connectivity index (χ4n) is 3.68. The number of pyridine rings is 1. The third kappa shape index (κ3) is 4.35. The number of benzene rings is 2. The zero-order valence-corrected chi connectivity index (χ0v) is 19.6. The topological polar surface area (TPSA) is 59.5 Å². The minimum Gasteiger partial charge on any atom is -0.252 e. The van der Waals surface area contributed by atoms with E-state index in [-0.39, 0.29) is 5.75 Å². The molecule has 0 saturated carbocycles. The molecule has 0 unspecified atom stereocenters. The van der Waals surface area contributed by atoms with E-state index in [1.807, 2.05) is 49.4 Å². The van der Waals surface area contributed by atoms with Gasteiger partial charge in [0, 0.05) is 21.0 Å². The van der Waals surface area contributed by atoms with E-state index in [0.29, 0.717) is 6.42 Å². The Morgan fingerprint density at radius 2 is 1.71 bits per heavy atom. The summed E-state index contributed by atoms with van der Waals surface area (Å²) in [6.07, 6.45) is 2.14. The maximum Gasteiger partial charge on any atom is 0.288 e. The molecule has 5 nitrogen and oxygen atoms in total. The first kappa shape index (κ1) is 21.9. The fourth-order valence-corrected chi connectivity index (χ4v) is 5.71. The zero-order chi connectivity index (χ0) is 22.0. The van der Waals surface area contributed by atoms with Gasteiger partial charge in [0.1, 0.15) is 0 Å². The van der Waals surface area contributed by atoms with E-state index in [0.717, 1.165) is 56.5 Å². The molecule has 1 aliphatic heterocycles. The summed E-state index contributed by atoms with van der Waals surface area (Å²) in [5.74, 6) is -0.0416. The number of rotatable bonds is 7. The van der Waals surface area contributed by atoms with Gasteiger partial charge in [-0.2, -0.15) is 8.42 Å². The van der Waals surface area contributed by atoms with Gasteiger partial charge in [0.2, 0.25) is 0 Å². The van der Waals surface area contributed by atoms with Crippen molar-refractivity contribution in [3.8, 4) is 11.3 Å². The summed E-state index contributed by atoms with van der Waals surface area (Å²) in [6, 6.07) is 17.9. The van der Waals surface area contributed by atoms with Gasteiger partial charge in [-0.25, -0.2) is 5.06 Å². The van der Waals surface area contributed by atoms with Crippen molar-refractivity contribution in [2.24, 2.45) is 0 Å². The van der Waals surface area contributed by atoms with Gasteiger partial charge >= 0.3 is 0 Å². The largest absolute Gasteiger partial charge is 0.288 e. The number of aromatic nitrogens is 1. The summed E-state index contributed by atoms with van der Waals surface area (Å²) in [5.41, 5.74) is 5.31. The molecule has 0 N–H and O–H groups in total. The Labute approximate surface area is 188 Å². The van der Waals surface area contributed by atoms with Crippen molar-refractivity contribution >= 4 is 33.3 Å². The van der Waals surface area contributed by atoms with E-state index in [2.05, 4.69) is 26.0 Å². The van der Waals surface area contributed by atoms with Crippen LogP contribution in [0.25, 0.3) is 11.3 Å². The quantitative estimate of drug-likeness (QED) is 0.427. The number of anilines is 2. The lowest BCUT2D eigenvalue weighted by atomic mass is 10.0. The summed E-state index contributed by atoms with van der Waals surface area (Å²) in [6.45, 7) is 6.01. The van der Waals surface area contributed by atoms with Crippen LogP contribution in [-0.4, -0.2) is 19.2 Å². The van der Waals surface area contributed by atoms with Gasteiger partial charge in [0.15, 0.2) is 0 Å². The van der Waals surface area contributed by atoms with Crippen molar-refractivity contribution in [2.45, 2.75) is 49.8 Å². The van der Waals surface area contributed by atoms with Crippen molar-refractivity contribution in [1.82, 2.24) is 4.98 Å². The third-order valence-corrected chi connectivity index (χ3v) is 7.58. The van der Waals surface area contributed by atoms with E-state index in [1.54, 1.807) is 11.8 Å². The van der Waals surface area contributed by atoms with Crippen LogP contribution >= 0.6 is 11.8 Å². The van der Waals surface area contributed by atoms with Crippen molar-refractivity contribution in [3.05, 3.63) is 65.9 Å². The fraction of sp³-hybridized carbons (Fsp3) is 0.292. The van der Waals surface area contributed by atoms with Crippen LogP contribution in [0.5, 0.6) is 0 Å². The summed E-state index contributed by atoms with van der Waals surface area (Å²) in [5, 5.41) is 1.49. The normalized spacial score (nSPS) is 13.1. The number of hydrogen-bond donors (Lipinski definition) is 0. The Hall–Kier alpha value is -2.35. The zero-order valence-electron chi connectivity index (χ0n) is 18.0. The first-order valence-corrected chi connectivity index (χ1v) is 13.0. The highest BCUT2D eigenvalue weighted by molar-refractivity contribution is 7.99. The van der Waals surface area contributed by atoms with E-state index in [9.17, 15) is 8.42 Å². The lowest BCUT2D eigenvalue weighted by molar-refractivity contribution is 0.319. The molecule has 4 rings (SSSR count). The Balaban J connectivity index is 1.95. The molecule has 2 aromatic carbocycles. The van der Waals surface area contributed by atoms with Crippen LogP contribution in [0.15, 0.2) is 64.4 Å². The molecule has 0 saturated heterocycles. The average molecular weight is 455 g/mol. The molecule has 2 heterocycles. The predicted octanol–water partition coefficient (Wildman–Crippen LogP) is 6.15. The molecular formula is C24H26N2O3S2. The van der Waals surface area contributed by atoms with E-state index < -0.39 is 10.1 Å². The number of fused-ring (bicyclic) bond motifs is 2. The molecule has 0 bridgehead atoms. The highest BCUT2D eigenvalue weighted by Crippen LogP contribution is 2.52. The molecule has 0 aliphatic carbocycles. The first-order chi connectivity index (χ1) is 15.0. The number of nitrogens with zero attached hydrogens (tertiary/aromatic N) is 2. The van der Waals surface area contributed by atoms with Crippen LogP contribution in [0, 0.1) is 0 Å². The molecule has 162 valence electrons. The smallest absolute Gasteiger partial charge is 0.252 e. The van der Waals surface area contributed by atoms with Crippen molar-refractivity contribution < 1.29 is 12.7 Å². The molecule has 0 radical (unpaired) electrons. The van der Waals surface area contributed by atoms with Crippen LogP contribution in [-0.2, 0) is 27.2 Å². The molecular weight excluding hydrogens is 428 g/mol. The Morgan fingerprint density at radius 1 is 0.935 bits per heavy atom. The number of aryl methyl sites for hydroxylation is 2. The van der Waals surface area contributed by atoms with Crippen molar-refractivity contribution in [3.63, 3.8) is 0 Å². The van der Waals surface area contributed by atoms with Crippen molar-refractivity contribution in [2.75, 3.05) is 10.8 Å². The summed E-state index contributed by atoms with van der Waals surface area (Å²) >= 11 is 1.61. The Kier molecular flexibility index (Phi) is 6.36. The molecule has 0 spiro atoms. The second-order valence-corrected chi connectivity index (χ2v) is 10.1. The van der Waals surface area contributed by atoms with Gasteiger partial charge in [0.05, 0.1) is 22.8 Å². The minimum atomic E-state index is -3.75. The molecule has 1 aromatic heterocycles. The maximum absolute atomic E-state index is 12.7. The van der Waals surface area contributed by atoms with Crippen LogP contribution in [0.3, 0.4) is 0 Å².